The number of nitrogens with zero attached hydrogens (tertiary/aromatic N) is 2. The average molecular weight is 208 g/mol. The predicted octanol–water partition coefficient (Wildman–Crippen LogP) is 2.37. The number of aromatic nitrogens is 2. The minimum absolute atomic E-state index is 0.431. The van der Waals surface area contributed by atoms with Crippen LogP contribution in [-0.2, 0) is 13.5 Å². The van der Waals surface area contributed by atoms with Crippen LogP contribution in [0.1, 0.15) is 44.2 Å². The van der Waals surface area contributed by atoms with Crippen molar-refractivity contribution in [2.75, 3.05) is 0 Å². The van der Waals surface area contributed by atoms with E-state index < -0.39 is 6.10 Å². The summed E-state index contributed by atoms with van der Waals surface area (Å²) in [6.45, 7) is 7.87. The van der Waals surface area contributed by atoms with Crippen LogP contribution >= 0.6 is 0 Å². The topological polar surface area (TPSA) is 38.1 Å². The zero-order valence-electron chi connectivity index (χ0n) is 9.82. The Labute approximate surface area is 91.4 Å². The molecule has 0 bridgehead atoms. The highest BCUT2D eigenvalue weighted by Gasteiger charge is 2.13. The fraction of sp³-hybridized carbons (Fsp3) is 0.583. The second-order valence-electron chi connectivity index (χ2n) is 4.05. The van der Waals surface area contributed by atoms with Gasteiger partial charge in [0.05, 0.1) is 17.5 Å². The van der Waals surface area contributed by atoms with Gasteiger partial charge in [-0.2, -0.15) is 5.10 Å². The molecule has 0 aromatic carbocycles. The van der Waals surface area contributed by atoms with Crippen molar-refractivity contribution in [3.8, 4) is 0 Å². The monoisotopic (exact) mass is 208 g/mol. The van der Waals surface area contributed by atoms with Gasteiger partial charge >= 0.3 is 0 Å². The summed E-state index contributed by atoms with van der Waals surface area (Å²) in [5.74, 6) is 0. The Balaban J connectivity index is 2.68. The van der Waals surface area contributed by atoms with E-state index in [-0.39, 0.29) is 0 Å². The molecule has 1 aromatic rings. The smallest absolute Gasteiger partial charge is 0.0959 e. The van der Waals surface area contributed by atoms with Gasteiger partial charge in [-0.05, 0) is 32.3 Å². The third-order valence-electron chi connectivity index (χ3n) is 2.51. The van der Waals surface area contributed by atoms with Gasteiger partial charge in [-0.1, -0.05) is 12.5 Å². The van der Waals surface area contributed by atoms with Gasteiger partial charge in [0.25, 0.3) is 0 Å². The van der Waals surface area contributed by atoms with E-state index in [0.717, 1.165) is 36.2 Å². The van der Waals surface area contributed by atoms with Crippen molar-refractivity contribution < 1.29 is 5.11 Å². The summed E-state index contributed by atoms with van der Waals surface area (Å²) in [6.07, 6.45) is 2.05. The molecule has 0 aliphatic rings. The van der Waals surface area contributed by atoms with Crippen LogP contribution in [0.25, 0.3) is 0 Å². The molecule has 0 fully saturated rings. The van der Waals surface area contributed by atoms with Crippen LogP contribution in [0, 0.1) is 0 Å². The van der Waals surface area contributed by atoms with Crippen molar-refractivity contribution in [1.82, 2.24) is 9.78 Å². The van der Waals surface area contributed by atoms with Crippen LogP contribution in [0.2, 0.25) is 0 Å². The van der Waals surface area contributed by atoms with E-state index in [1.54, 1.807) is 4.68 Å². The Kier molecular flexibility index (Phi) is 4.09. The summed E-state index contributed by atoms with van der Waals surface area (Å²) in [4.78, 5) is 0. The van der Waals surface area contributed by atoms with Gasteiger partial charge in [-0.15, -0.1) is 6.58 Å². The van der Waals surface area contributed by atoms with Gasteiger partial charge < -0.3 is 5.11 Å². The minimum Gasteiger partial charge on any atom is -0.387 e. The molecule has 1 heterocycles. The molecule has 1 aromatic heterocycles. The fourth-order valence-corrected chi connectivity index (χ4v) is 1.56. The Morgan fingerprint density at radius 1 is 1.67 bits per heavy atom. The minimum atomic E-state index is -0.431. The van der Waals surface area contributed by atoms with Crippen molar-refractivity contribution in [2.45, 2.75) is 39.2 Å². The third-order valence-corrected chi connectivity index (χ3v) is 2.51. The van der Waals surface area contributed by atoms with E-state index in [2.05, 4.69) is 18.6 Å². The third kappa shape index (κ3) is 3.20. The maximum absolute atomic E-state index is 9.96. The zero-order chi connectivity index (χ0) is 11.4. The fourth-order valence-electron chi connectivity index (χ4n) is 1.56. The first-order chi connectivity index (χ1) is 7.04. The lowest BCUT2D eigenvalue weighted by molar-refractivity contribution is 0.158. The quantitative estimate of drug-likeness (QED) is 0.754. The van der Waals surface area contributed by atoms with Crippen molar-refractivity contribution in [3.63, 3.8) is 0 Å². The van der Waals surface area contributed by atoms with Crippen LogP contribution in [0.4, 0.5) is 0 Å². The lowest BCUT2D eigenvalue weighted by Gasteiger charge is -2.10. The molecule has 3 nitrogen and oxygen atoms in total. The normalized spacial score (nSPS) is 12.8. The molecule has 0 aliphatic heterocycles. The molecule has 0 saturated carbocycles. The van der Waals surface area contributed by atoms with Crippen LogP contribution in [0.5, 0.6) is 0 Å². The van der Waals surface area contributed by atoms with Crippen molar-refractivity contribution in [3.05, 3.63) is 29.6 Å². The predicted molar refractivity (Wildman–Crippen MR) is 61.6 cm³/mol. The number of aliphatic hydroxyl groups excluding tert-OH is 1. The molecule has 1 atom stereocenters. The van der Waals surface area contributed by atoms with E-state index in [1.807, 2.05) is 20.0 Å². The van der Waals surface area contributed by atoms with Crippen LogP contribution in [-0.4, -0.2) is 14.9 Å². The first-order valence-corrected chi connectivity index (χ1v) is 5.39. The molecule has 0 radical (unpaired) electrons. The van der Waals surface area contributed by atoms with E-state index in [1.165, 1.54) is 0 Å². The summed E-state index contributed by atoms with van der Waals surface area (Å²) >= 11 is 0. The molecule has 0 aliphatic carbocycles. The van der Waals surface area contributed by atoms with Gasteiger partial charge in [0.2, 0.25) is 0 Å². The summed E-state index contributed by atoms with van der Waals surface area (Å²) in [5, 5.41) is 14.3. The average Bonchev–Trinajstić information content (AvgIpc) is 2.56. The standard InChI is InChI=1S/C12H20N2O/c1-5-10-8-11(14(4)13-10)12(15)7-6-9(2)3/h8,12,15H,2,5-7H2,1,3-4H3. The van der Waals surface area contributed by atoms with E-state index in [9.17, 15) is 5.11 Å². The number of aliphatic hydroxyl groups is 1. The SMILES string of the molecule is C=C(C)CCC(O)c1cc(CC)nn1C. The molecule has 0 spiro atoms. The molecule has 1 unspecified atom stereocenters. The van der Waals surface area contributed by atoms with Crippen molar-refractivity contribution >= 4 is 0 Å². The Hall–Kier alpha value is -1.09. The summed E-state index contributed by atoms with van der Waals surface area (Å²) in [5.41, 5.74) is 3.03. The summed E-state index contributed by atoms with van der Waals surface area (Å²) in [6, 6.07) is 1.98. The highest BCUT2D eigenvalue weighted by molar-refractivity contribution is 5.13. The Morgan fingerprint density at radius 3 is 2.80 bits per heavy atom. The van der Waals surface area contributed by atoms with Crippen molar-refractivity contribution in [2.24, 2.45) is 7.05 Å². The number of allylic oxidation sites excluding steroid dienone is 1. The molecule has 15 heavy (non-hydrogen) atoms. The molecular formula is C12H20N2O. The molecule has 3 heteroatoms. The van der Waals surface area contributed by atoms with Crippen LogP contribution in [0.15, 0.2) is 18.2 Å². The first-order valence-electron chi connectivity index (χ1n) is 5.39. The lowest BCUT2D eigenvalue weighted by atomic mass is 10.1. The van der Waals surface area contributed by atoms with Gasteiger partial charge in [-0.3, -0.25) is 4.68 Å². The highest BCUT2D eigenvalue weighted by atomic mass is 16.3. The zero-order valence-corrected chi connectivity index (χ0v) is 9.82. The number of rotatable bonds is 5. The number of aryl methyl sites for hydroxylation is 2. The summed E-state index contributed by atoms with van der Waals surface area (Å²) < 4.78 is 1.77. The molecular weight excluding hydrogens is 188 g/mol. The van der Waals surface area contributed by atoms with Crippen molar-refractivity contribution in [1.29, 1.82) is 0 Å². The lowest BCUT2D eigenvalue weighted by Crippen LogP contribution is -2.05. The molecule has 0 saturated heterocycles. The molecule has 84 valence electrons. The highest BCUT2D eigenvalue weighted by Crippen LogP contribution is 2.20. The summed E-state index contributed by atoms with van der Waals surface area (Å²) in [7, 11) is 1.87. The number of hydrogen-bond donors (Lipinski definition) is 1. The maximum atomic E-state index is 9.96. The molecule has 0 amide bonds. The first kappa shape index (κ1) is 12.0. The van der Waals surface area contributed by atoms with Gasteiger partial charge in [0.1, 0.15) is 0 Å². The maximum Gasteiger partial charge on any atom is 0.0959 e. The van der Waals surface area contributed by atoms with Gasteiger partial charge in [0.15, 0.2) is 0 Å². The van der Waals surface area contributed by atoms with Crippen LogP contribution < -0.4 is 0 Å². The molecule has 1 N–H and O–H groups in total. The number of hydrogen-bond acceptors (Lipinski definition) is 2. The second-order valence-corrected chi connectivity index (χ2v) is 4.05. The van der Waals surface area contributed by atoms with Crippen LogP contribution in [0.3, 0.4) is 0 Å². The Bertz CT molecular complexity index is 341. The largest absolute Gasteiger partial charge is 0.387 e. The van der Waals surface area contributed by atoms with Gasteiger partial charge in [-0.25, -0.2) is 0 Å². The van der Waals surface area contributed by atoms with Gasteiger partial charge in [0, 0.05) is 7.05 Å². The van der Waals surface area contributed by atoms with E-state index in [0.29, 0.717) is 0 Å². The van der Waals surface area contributed by atoms with E-state index >= 15 is 0 Å². The second kappa shape index (κ2) is 5.12. The van der Waals surface area contributed by atoms with E-state index in [4.69, 9.17) is 0 Å². The Morgan fingerprint density at radius 2 is 2.33 bits per heavy atom. The molecule has 1 rings (SSSR count).